The summed E-state index contributed by atoms with van der Waals surface area (Å²) in [4.78, 5) is 38.1. The molecule has 0 aliphatic rings. The molecule has 0 aliphatic carbocycles. The molecule has 2 amide bonds. The van der Waals surface area contributed by atoms with Gasteiger partial charge in [-0.3, -0.25) is 14.4 Å². The van der Waals surface area contributed by atoms with E-state index in [0.29, 0.717) is 17.7 Å². The average Bonchev–Trinajstić information content (AvgIpc) is 2.69. The zero-order chi connectivity index (χ0) is 22.1. The van der Waals surface area contributed by atoms with Gasteiger partial charge < -0.3 is 15.7 Å². The molecule has 9 heteroatoms. The Morgan fingerprint density at radius 2 is 1.67 bits per heavy atom. The molecule has 3 N–H and O–H groups in total. The smallest absolute Gasteiger partial charge is 0.305 e. The van der Waals surface area contributed by atoms with Gasteiger partial charge in [-0.15, -0.1) is 0 Å². The van der Waals surface area contributed by atoms with Crippen LogP contribution in [0.3, 0.4) is 0 Å². The van der Waals surface area contributed by atoms with E-state index in [2.05, 4.69) is 20.7 Å². The third-order valence-electron chi connectivity index (χ3n) is 4.27. The van der Waals surface area contributed by atoms with E-state index in [0.717, 1.165) is 16.7 Å². The summed E-state index contributed by atoms with van der Waals surface area (Å²) >= 11 is 0. The first-order chi connectivity index (χ1) is 14.3. The Bertz CT molecular complexity index is 957. The largest absolute Gasteiger partial charge is 0.481 e. The second-order valence-electron chi connectivity index (χ2n) is 6.94. The van der Waals surface area contributed by atoms with Gasteiger partial charge in [0.1, 0.15) is 0 Å². The van der Waals surface area contributed by atoms with Gasteiger partial charge in [0.15, 0.2) is 0 Å². The van der Waals surface area contributed by atoms with Gasteiger partial charge in [0.2, 0.25) is 0 Å². The predicted molar refractivity (Wildman–Crippen MR) is 111 cm³/mol. The fourth-order valence-corrected chi connectivity index (χ4v) is 2.94. The molecule has 0 radical (unpaired) electrons. The van der Waals surface area contributed by atoms with Gasteiger partial charge in [-0.25, -0.2) is 0 Å². The van der Waals surface area contributed by atoms with Gasteiger partial charge in [-0.05, 0) is 49.2 Å². The Kier molecular flexibility index (Phi) is 7.96. The highest BCUT2D eigenvalue weighted by Crippen LogP contribution is 2.10. The summed E-state index contributed by atoms with van der Waals surface area (Å²) in [6, 6.07) is 11.4. The molecule has 2 aromatic rings. The summed E-state index contributed by atoms with van der Waals surface area (Å²) in [5.74, 6) is -1.76. The highest BCUT2D eigenvalue weighted by atomic mass is 16.4. The number of benzene rings is 2. The lowest BCUT2D eigenvalue weighted by molar-refractivity contribution is -0.137. The Labute approximate surface area is 173 Å². The first-order valence-electron chi connectivity index (χ1n) is 9.27. The van der Waals surface area contributed by atoms with E-state index in [-0.39, 0.29) is 18.9 Å². The van der Waals surface area contributed by atoms with E-state index in [4.69, 9.17) is 10.6 Å². The van der Waals surface area contributed by atoms with Gasteiger partial charge in [-0.2, -0.15) is 0 Å². The molecule has 9 nitrogen and oxygen atoms in total. The van der Waals surface area contributed by atoms with Crippen molar-refractivity contribution < 1.29 is 19.5 Å². The van der Waals surface area contributed by atoms with Crippen LogP contribution in [0.15, 0.2) is 47.6 Å². The Balaban J connectivity index is 1.96. The van der Waals surface area contributed by atoms with Crippen molar-refractivity contribution in [1.29, 1.82) is 0 Å². The quantitative estimate of drug-likeness (QED) is 0.332. The summed E-state index contributed by atoms with van der Waals surface area (Å²) in [6.07, 6.45) is -0.354. The fraction of sp³-hybridized carbons (Fsp3) is 0.286. The number of carbonyl (C=O) groups excluding carboxylic acids is 2. The lowest BCUT2D eigenvalue weighted by Crippen LogP contribution is -2.38. The fourth-order valence-electron chi connectivity index (χ4n) is 2.94. The molecular formula is C21H23N5O4. The molecule has 0 heterocycles. The minimum atomic E-state index is -1.11. The summed E-state index contributed by atoms with van der Waals surface area (Å²) in [6.45, 7) is 4.01. The molecule has 0 bridgehead atoms. The van der Waals surface area contributed by atoms with Crippen LogP contribution < -0.4 is 10.6 Å². The molecule has 0 saturated carbocycles. The minimum Gasteiger partial charge on any atom is -0.481 e. The standard InChI is InChI=1S/C21H23N5O4/c1-13-7-14(2)9-17(8-13)20(29)23-11-15-3-5-16(6-4-15)21(30)25-18(10-19(27)28)12-24-26-22/h3-9,18H,10-12H2,1-2H3,(H,23,29)(H,25,30)(H,27,28)/t18-/m0/s1. The number of carboxylic acids is 1. The molecule has 1 atom stereocenters. The van der Waals surface area contributed by atoms with Crippen molar-refractivity contribution in [3.05, 3.63) is 80.7 Å². The van der Waals surface area contributed by atoms with E-state index in [9.17, 15) is 14.4 Å². The third kappa shape index (κ3) is 6.96. The van der Waals surface area contributed by atoms with Crippen LogP contribution in [0, 0.1) is 13.8 Å². The van der Waals surface area contributed by atoms with Gasteiger partial charge in [0.25, 0.3) is 11.8 Å². The van der Waals surface area contributed by atoms with Crippen LogP contribution in [0.5, 0.6) is 0 Å². The molecule has 2 aromatic carbocycles. The van der Waals surface area contributed by atoms with Crippen LogP contribution in [-0.4, -0.2) is 35.5 Å². The average molecular weight is 409 g/mol. The SMILES string of the molecule is Cc1cc(C)cc(C(=O)NCc2ccc(C(=O)N[C@H](CN=[N+]=[N-])CC(=O)O)cc2)c1. The van der Waals surface area contributed by atoms with Gasteiger partial charge in [0, 0.05) is 35.2 Å². The van der Waals surface area contributed by atoms with Gasteiger partial charge in [-0.1, -0.05) is 34.4 Å². The van der Waals surface area contributed by atoms with Crippen LogP contribution in [0.2, 0.25) is 0 Å². The number of nitrogens with one attached hydrogen (secondary N) is 2. The van der Waals surface area contributed by atoms with Gasteiger partial charge >= 0.3 is 5.97 Å². The maximum absolute atomic E-state index is 12.3. The highest BCUT2D eigenvalue weighted by Gasteiger charge is 2.16. The lowest BCUT2D eigenvalue weighted by Gasteiger charge is -2.14. The second-order valence-corrected chi connectivity index (χ2v) is 6.94. The van der Waals surface area contributed by atoms with Crippen LogP contribution in [0.4, 0.5) is 0 Å². The summed E-state index contributed by atoms with van der Waals surface area (Å²) in [5, 5.41) is 17.6. The number of carbonyl (C=O) groups is 3. The van der Waals surface area contributed by atoms with Crippen LogP contribution in [0.1, 0.15) is 43.8 Å². The zero-order valence-corrected chi connectivity index (χ0v) is 16.8. The number of rotatable bonds is 9. The number of carboxylic acid groups (broad SMARTS) is 1. The monoisotopic (exact) mass is 409 g/mol. The number of amides is 2. The molecule has 0 fully saturated rings. The van der Waals surface area contributed by atoms with E-state index in [1.807, 2.05) is 32.0 Å². The Morgan fingerprint density at radius 3 is 2.23 bits per heavy atom. The normalized spacial score (nSPS) is 11.1. The molecule has 0 spiro atoms. The molecule has 2 rings (SSSR count). The van der Waals surface area contributed by atoms with E-state index >= 15 is 0 Å². The maximum atomic E-state index is 12.3. The van der Waals surface area contributed by atoms with E-state index < -0.39 is 17.9 Å². The number of aryl methyl sites for hydroxylation is 2. The number of aliphatic carboxylic acids is 1. The first-order valence-corrected chi connectivity index (χ1v) is 9.27. The van der Waals surface area contributed by atoms with Crippen molar-refractivity contribution >= 4 is 17.8 Å². The van der Waals surface area contributed by atoms with Crippen molar-refractivity contribution in [3.63, 3.8) is 0 Å². The third-order valence-corrected chi connectivity index (χ3v) is 4.27. The molecular weight excluding hydrogens is 386 g/mol. The van der Waals surface area contributed by atoms with Crippen molar-refractivity contribution in [2.45, 2.75) is 32.9 Å². The van der Waals surface area contributed by atoms with E-state index in [1.165, 1.54) is 0 Å². The second kappa shape index (κ2) is 10.6. The number of hydrogen-bond donors (Lipinski definition) is 3. The Morgan fingerprint density at radius 1 is 1.03 bits per heavy atom. The Hall–Kier alpha value is -3.84. The number of azide groups is 1. The molecule has 0 aliphatic heterocycles. The molecule has 0 saturated heterocycles. The van der Waals surface area contributed by atoms with E-state index in [1.54, 1.807) is 24.3 Å². The zero-order valence-electron chi connectivity index (χ0n) is 16.8. The minimum absolute atomic E-state index is 0.156. The summed E-state index contributed by atoms with van der Waals surface area (Å²) in [7, 11) is 0. The van der Waals surface area contributed by atoms with Crippen LogP contribution >= 0.6 is 0 Å². The van der Waals surface area contributed by atoms with Crippen LogP contribution in [-0.2, 0) is 11.3 Å². The molecule has 30 heavy (non-hydrogen) atoms. The first kappa shape index (κ1) is 22.4. The molecule has 156 valence electrons. The molecule has 0 unspecified atom stereocenters. The van der Waals surface area contributed by atoms with Crippen molar-refractivity contribution in [3.8, 4) is 0 Å². The summed E-state index contributed by atoms with van der Waals surface area (Å²) in [5.41, 5.74) is 12.1. The van der Waals surface area contributed by atoms with Crippen molar-refractivity contribution in [2.24, 2.45) is 5.11 Å². The van der Waals surface area contributed by atoms with Crippen LogP contribution in [0.25, 0.3) is 10.4 Å². The molecule has 0 aromatic heterocycles. The van der Waals surface area contributed by atoms with Gasteiger partial charge in [0.05, 0.1) is 6.42 Å². The highest BCUT2D eigenvalue weighted by molar-refractivity contribution is 5.95. The van der Waals surface area contributed by atoms with Crippen molar-refractivity contribution in [1.82, 2.24) is 10.6 Å². The topological polar surface area (TPSA) is 144 Å². The lowest BCUT2D eigenvalue weighted by atomic mass is 10.1. The van der Waals surface area contributed by atoms with Crippen molar-refractivity contribution in [2.75, 3.05) is 6.54 Å². The number of hydrogen-bond acceptors (Lipinski definition) is 4. The summed E-state index contributed by atoms with van der Waals surface area (Å²) < 4.78 is 0. The predicted octanol–water partition coefficient (Wildman–Crippen LogP) is 3.12. The maximum Gasteiger partial charge on any atom is 0.305 e. The number of nitrogens with zero attached hydrogens (tertiary/aromatic N) is 3.